The van der Waals surface area contributed by atoms with E-state index in [1.54, 1.807) is 37.3 Å². The summed E-state index contributed by atoms with van der Waals surface area (Å²) in [6.45, 7) is 5.09. The van der Waals surface area contributed by atoms with Crippen molar-refractivity contribution >= 4 is 17.6 Å². The molecule has 7 heteroatoms. The highest BCUT2D eigenvalue weighted by Gasteiger charge is 2.32. The molecule has 0 saturated carbocycles. The number of hydrogen-bond acceptors (Lipinski definition) is 4. The molecule has 0 spiro atoms. The second-order valence-electron chi connectivity index (χ2n) is 6.19. The Morgan fingerprint density at radius 1 is 1.29 bits per heavy atom. The Balaban J connectivity index is 2.01. The van der Waals surface area contributed by atoms with Crippen molar-refractivity contribution in [1.82, 2.24) is 10.6 Å². The van der Waals surface area contributed by atoms with Crippen molar-refractivity contribution in [2.45, 2.75) is 26.3 Å². The van der Waals surface area contributed by atoms with Crippen LogP contribution >= 0.6 is 0 Å². The molecule has 1 aromatic carbocycles. The van der Waals surface area contributed by atoms with Crippen LogP contribution in [0.3, 0.4) is 0 Å². The number of amides is 3. The molecular weight excluding hydrogens is 310 g/mol. The molecule has 2 rings (SSSR count). The molecule has 1 heterocycles. The third-order valence-corrected chi connectivity index (χ3v) is 3.81. The van der Waals surface area contributed by atoms with Crippen LogP contribution in [0.4, 0.5) is 10.5 Å². The Morgan fingerprint density at radius 3 is 2.62 bits per heavy atom. The van der Waals surface area contributed by atoms with Gasteiger partial charge in [-0.15, -0.1) is 0 Å². The molecule has 1 aliphatic heterocycles. The van der Waals surface area contributed by atoms with E-state index in [1.165, 1.54) is 0 Å². The highest BCUT2D eigenvalue weighted by Crippen LogP contribution is 2.33. The van der Waals surface area contributed by atoms with Gasteiger partial charge in [-0.25, -0.2) is 4.79 Å². The van der Waals surface area contributed by atoms with Crippen molar-refractivity contribution in [3.05, 3.63) is 18.2 Å². The Hall–Kier alpha value is -2.44. The van der Waals surface area contributed by atoms with Crippen LogP contribution in [-0.4, -0.2) is 45.3 Å². The average molecular weight is 335 g/mol. The van der Waals surface area contributed by atoms with Gasteiger partial charge in [-0.3, -0.25) is 4.79 Å². The number of carbonyl (C=O) groups is 2. The van der Waals surface area contributed by atoms with Crippen molar-refractivity contribution in [2.75, 3.05) is 32.2 Å². The monoisotopic (exact) mass is 335 g/mol. The largest absolute Gasteiger partial charge is 0.493 e. The lowest BCUT2D eigenvalue weighted by Crippen LogP contribution is -2.44. The zero-order chi connectivity index (χ0) is 17.7. The molecule has 1 aromatic rings. The lowest BCUT2D eigenvalue weighted by atomic mass is 10.2. The molecule has 132 valence electrons. The number of anilines is 1. The van der Waals surface area contributed by atoms with Crippen molar-refractivity contribution in [2.24, 2.45) is 5.92 Å². The fourth-order valence-electron chi connectivity index (χ4n) is 2.58. The summed E-state index contributed by atoms with van der Waals surface area (Å²) in [6.07, 6.45) is 0.281. The van der Waals surface area contributed by atoms with Gasteiger partial charge >= 0.3 is 6.03 Å². The number of rotatable bonds is 6. The number of nitrogens with zero attached hydrogens (tertiary/aromatic N) is 1. The zero-order valence-corrected chi connectivity index (χ0v) is 14.6. The second kappa shape index (κ2) is 7.90. The van der Waals surface area contributed by atoms with E-state index >= 15 is 0 Å². The van der Waals surface area contributed by atoms with Gasteiger partial charge in [0.25, 0.3) is 0 Å². The number of benzene rings is 1. The summed E-state index contributed by atoms with van der Waals surface area (Å²) >= 11 is 0. The summed E-state index contributed by atoms with van der Waals surface area (Å²) in [7, 11) is 3.12. The molecule has 7 nitrogen and oxygen atoms in total. The number of nitrogens with one attached hydrogen (secondary N) is 2. The summed E-state index contributed by atoms with van der Waals surface area (Å²) < 4.78 is 10.5. The van der Waals surface area contributed by atoms with Gasteiger partial charge in [0.1, 0.15) is 0 Å². The Labute approximate surface area is 142 Å². The second-order valence-corrected chi connectivity index (χ2v) is 6.19. The Bertz CT molecular complexity index is 603. The van der Waals surface area contributed by atoms with Crippen molar-refractivity contribution < 1.29 is 19.1 Å². The van der Waals surface area contributed by atoms with E-state index in [2.05, 4.69) is 10.6 Å². The first kappa shape index (κ1) is 17.9. The Morgan fingerprint density at radius 2 is 2.00 bits per heavy atom. The highest BCUT2D eigenvalue weighted by molar-refractivity contribution is 5.97. The lowest BCUT2D eigenvalue weighted by molar-refractivity contribution is -0.117. The number of urea groups is 1. The van der Waals surface area contributed by atoms with E-state index in [0.717, 1.165) is 5.69 Å². The van der Waals surface area contributed by atoms with Crippen LogP contribution in [0.25, 0.3) is 0 Å². The first-order chi connectivity index (χ1) is 11.4. The van der Waals surface area contributed by atoms with Crippen molar-refractivity contribution in [3.63, 3.8) is 0 Å². The summed E-state index contributed by atoms with van der Waals surface area (Å²) in [5, 5.41) is 5.64. The molecular formula is C17H25N3O4. The summed E-state index contributed by atoms with van der Waals surface area (Å²) in [6, 6.07) is 4.88. The Kier molecular flexibility index (Phi) is 5.89. The van der Waals surface area contributed by atoms with Crippen molar-refractivity contribution in [3.8, 4) is 11.5 Å². The SMILES string of the molecule is COc1ccc(N2C[C@@H](NC(=O)NCC(C)C)CC2=O)cc1OC. The van der Waals surface area contributed by atoms with Gasteiger partial charge < -0.3 is 25.0 Å². The first-order valence-electron chi connectivity index (χ1n) is 8.01. The molecule has 0 unspecified atom stereocenters. The van der Waals surface area contributed by atoms with E-state index in [9.17, 15) is 9.59 Å². The smallest absolute Gasteiger partial charge is 0.315 e. The minimum Gasteiger partial charge on any atom is -0.493 e. The van der Waals surface area contributed by atoms with E-state index in [0.29, 0.717) is 30.5 Å². The maximum atomic E-state index is 12.3. The topological polar surface area (TPSA) is 79.9 Å². The van der Waals surface area contributed by atoms with Gasteiger partial charge in [0.15, 0.2) is 11.5 Å². The lowest BCUT2D eigenvalue weighted by Gasteiger charge is -2.19. The first-order valence-corrected chi connectivity index (χ1v) is 8.01. The molecule has 0 radical (unpaired) electrons. The summed E-state index contributed by atoms with van der Waals surface area (Å²) in [5.74, 6) is 1.52. The highest BCUT2D eigenvalue weighted by atomic mass is 16.5. The zero-order valence-electron chi connectivity index (χ0n) is 14.6. The third kappa shape index (κ3) is 4.31. The molecule has 24 heavy (non-hydrogen) atoms. The molecule has 2 N–H and O–H groups in total. The van der Waals surface area contributed by atoms with Gasteiger partial charge in [-0.05, 0) is 18.1 Å². The molecule has 1 atom stereocenters. The van der Waals surface area contributed by atoms with Gasteiger partial charge in [-0.2, -0.15) is 0 Å². The van der Waals surface area contributed by atoms with E-state index in [1.807, 2.05) is 13.8 Å². The molecule has 3 amide bonds. The van der Waals surface area contributed by atoms with Crippen LogP contribution in [-0.2, 0) is 4.79 Å². The molecule has 1 saturated heterocycles. The summed E-state index contributed by atoms with van der Waals surface area (Å²) in [4.78, 5) is 25.8. The van der Waals surface area contributed by atoms with E-state index in [4.69, 9.17) is 9.47 Å². The molecule has 0 aliphatic carbocycles. The number of methoxy groups -OCH3 is 2. The van der Waals surface area contributed by atoms with Crippen LogP contribution in [0.1, 0.15) is 20.3 Å². The fourth-order valence-corrected chi connectivity index (χ4v) is 2.58. The van der Waals surface area contributed by atoms with Gasteiger partial charge in [0.2, 0.25) is 5.91 Å². The predicted octanol–water partition coefficient (Wildman–Crippen LogP) is 1.76. The molecule has 1 fully saturated rings. The van der Waals surface area contributed by atoms with E-state index < -0.39 is 0 Å². The number of hydrogen-bond donors (Lipinski definition) is 2. The molecule has 0 bridgehead atoms. The van der Waals surface area contributed by atoms with Gasteiger partial charge in [-0.1, -0.05) is 13.8 Å². The normalized spacial score (nSPS) is 17.1. The average Bonchev–Trinajstić information content (AvgIpc) is 2.92. The third-order valence-electron chi connectivity index (χ3n) is 3.81. The summed E-state index contributed by atoms with van der Waals surface area (Å²) in [5.41, 5.74) is 0.726. The minimum absolute atomic E-state index is 0.0311. The minimum atomic E-state index is -0.240. The van der Waals surface area contributed by atoms with Gasteiger partial charge in [0, 0.05) is 31.3 Å². The maximum Gasteiger partial charge on any atom is 0.315 e. The van der Waals surface area contributed by atoms with E-state index in [-0.39, 0.29) is 24.4 Å². The quantitative estimate of drug-likeness (QED) is 0.830. The van der Waals surface area contributed by atoms with Crippen LogP contribution in [0, 0.1) is 5.92 Å². The fraction of sp³-hybridized carbons (Fsp3) is 0.529. The molecule has 1 aliphatic rings. The number of carbonyl (C=O) groups excluding carboxylic acids is 2. The van der Waals surface area contributed by atoms with Crippen LogP contribution < -0.4 is 25.0 Å². The van der Waals surface area contributed by atoms with Crippen LogP contribution in [0.15, 0.2) is 18.2 Å². The molecule has 0 aromatic heterocycles. The van der Waals surface area contributed by atoms with Crippen molar-refractivity contribution in [1.29, 1.82) is 0 Å². The maximum absolute atomic E-state index is 12.3. The van der Waals surface area contributed by atoms with Crippen LogP contribution in [0.2, 0.25) is 0 Å². The predicted molar refractivity (Wildman–Crippen MR) is 91.7 cm³/mol. The standard InChI is InChI=1S/C17H25N3O4/c1-11(2)9-18-17(22)19-12-7-16(21)20(10-12)13-5-6-14(23-3)15(8-13)24-4/h5-6,8,11-12H,7,9-10H2,1-4H3,(H2,18,19,22)/t12-/m0/s1. The van der Waals surface area contributed by atoms with Crippen LogP contribution in [0.5, 0.6) is 11.5 Å². The number of ether oxygens (including phenoxy) is 2. The van der Waals surface area contributed by atoms with Gasteiger partial charge in [0.05, 0.1) is 20.3 Å².